The summed E-state index contributed by atoms with van der Waals surface area (Å²) in [5.74, 6) is -1.29. The van der Waals surface area contributed by atoms with E-state index in [1.807, 2.05) is 13.8 Å². The average molecular weight is 273 g/mol. The van der Waals surface area contributed by atoms with Gasteiger partial charge in [0.05, 0.1) is 6.54 Å². The van der Waals surface area contributed by atoms with Crippen LogP contribution in [0.4, 0.5) is 4.79 Å². The summed E-state index contributed by atoms with van der Waals surface area (Å²) < 4.78 is 0. The Morgan fingerprint density at radius 3 is 2.37 bits per heavy atom. The highest BCUT2D eigenvalue weighted by Gasteiger charge is 2.19. The van der Waals surface area contributed by atoms with E-state index >= 15 is 0 Å². The number of nitrogens with one attached hydrogen (secondary N) is 2. The summed E-state index contributed by atoms with van der Waals surface area (Å²) in [6.45, 7) is 4.17. The Labute approximate surface area is 113 Å². The molecule has 0 aromatic rings. The molecule has 19 heavy (non-hydrogen) atoms. The summed E-state index contributed by atoms with van der Waals surface area (Å²) in [6.07, 6.45) is 1.95. The molecule has 7 nitrogen and oxygen atoms in total. The summed E-state index contributed by atoms with van der Waals surface area (Å²) in [5, 5.41) is 13.6. The SMILES string of the molecule is CCCC[C@H](NC(=O)NCC(=O)N(C)CC)C(=O)O. The van der Waals surface area contributed by atoms with Crippen LogP contribution in [0.1, 0.15) is 33.1 Å². The van der Waals surface area contributed by atoms with Crippen molar-refractivity contribution >= 4 is 17.9 Å². The first-order valence-corrected chi connectivity index (χ1v) is 6.43. The molecule has 0 aliphatic rings. The molecule has 0 saturated heterocycles. The summed E-state index contributed by atoms with van der Waals surface area (Å²) in [7, 11) is 1.63. The molecule has 3 amide bonds. The van der Waals surface area contributed by atoms with Gasteiger partial charge in [0.15, 0.2) is 0 Å². The van der Waals surface area contributed by atoms with Crippen LogP contribution >= 0.6 is 0 Å². The van der Waals surface area contributed by atoms with Gasteiger partial charge in [-0.3, -0.25) is 4.79 Å². The molecule has 0 heterocycles. The van der Waals surface area contributed by atoms with Crippen molar-refractivity contribution in [1.29, 1.82) is 0 Å². The van der Waals surface area contributed by atoms with Gasteiger partial charge in [0.25, 0.3) is 0 Å². The number of carboxylic acids is 1. The lowest BCUT2D eigenvalue weighted by Gasteiger charge is -2.17. The van der Waals surface area contributed by atoms with Crippen LogP contribution in [0.3, 0.4) is 0 Å². The van der Waals surface area contributed by atoms with Crippen molar-refractivity contribution in [2.24, 2.45) is 0 Å². The number of amides is 3. The smallest absolute Gasteiger partial charge is 0.326 e. The second-order valence-corrected chi connectivity index (χ2v) is 4.27. The molecule has 0 spiro atoms. The predicted octanol–water partition coefficient (Wildman–Crippen LogP) is 0.407. The number of urea groups is 1. The molecule has 0 bridgehead atoms. The number of hydrogen-bond donors (Lipinski definition) is 3. The Kier molecular flexibility index (Phi) is 8.32. The van der Waals surface area contributed by atoms with Crippen molar-refractivity contribution < 1.29 is 19.5 Å². The molecule has 0 saturated carbocycles. The predicted molar refractivity (Wildman–Crippen MR) is 70.8 cm³/mol. The van der Waals surface area contributed by atoms with Crippen molar-refractivity contribution in [2.45, 2.75) is 39.2 Å². The highest BCUT2D eigenvalue weighted by Crippen LogP contribution is 2.00. The fraction of sp³-hybridized carbons (Fsp3) is 0.750. The third-order valence-corrected chi connectivity index (χ3v) is 2.75. The lowest BCUT2D eigenvalue weighted by atomic mass is 10.1. The summed E-state index contributed by atoms with van der Waals surface area (Å²) in [4.78, 5) is 35.3. The third kappa shape index (κ3) is 7.28. The van der Waals surface area contributed by atoms with Crippen molar-refractivity contribution in [2.75, 3.05) is 20.1 Å². The molecular weight excluding hydrogens is 250 g/mol. The quantitative estimate of drug-likeness (QED) is 0.596. The molecule has 0 aliphatic carbocycles. The van der Waals surface area contributed by atoms with Gasteiger partial charge in [-0.15, -0.1) is 0 Å². The van der Waals surface area contributed by atoms with Crippen LogP contribution in [-0.2, 0) is 9.59 Å². The number of carbonyl (C=O) groups excluding carboxylic acids is 2. The molecule has 0 unspecified atom stereocenters. The normalized spacial score (nSPS) is 11.5. The summed E-state index contributed by atoms with van der Waals surface area (Å²) in [6, 6.07) is -1.56. The van der Waals surface area contributed by atoms with Gasteiger partial charge in [-0.25, -0.2) is 9.59 Å². The van der Waals surface area contributed by atoms with Crippen LogP contribution in [0, 0.1) is 0 Å². The molecule has 1 atom stereocenters. The molecule has 0 fully saturated rings. The van der Waals surface area contributed by atoms with Crippen molar-refractivity contribution in [3.05, 3.63) is 0 Å². The van der Waals surface area contributed by atoms with Crippen molar-refractivity contribution in [3.8, 4) is 0 Å². The zero-order chi connectivity index (χ0) is 14.8. The zero-order valence-electron chi connectivity index (χ0n) is 11.7. The Morgan fingerprint density at radius 1 is 1.26 bits per heavy atom. The Bertz CT molecular complexity index is 320. The van der Waals surface area contributed by atoms with Gasteiger partial charge >= 0.3 is 12.0 Å². The molecule has 110 valence electrons. The number of nitrogens with zero attached hydrogens (tertiary/aromatic N) is 1. The lowest BCUT2D eigenvalue weighted by Crippen LogP contribution is -2.48. The molecule has 0 aromatic carbocycles. The van der Waals surface area contributed by atoms with E-state index in [4.69, 9.17) is 5.11 Å². The second-order valence-electron chi connectivity index (χ2n) is 4.27. The minimum absolute atomic E-state index is 0.143. The number of aliphatic carboxylic acids is 1. The molecule has 0 radical (unpaired) electrons. The van der Waals surface area contributed by atoms with Crippen molar-refractivity contribution in [1.82, 2.24) is 15.5 Å². The van der Waals surface area contributed by atoms with Gasteiger partial charge in [0.2, 0.25) is 5.91 Å². The van der Waals surface area contributed by atoms with Crippen LogP contribution in [0.5, 0.6) is 0 Å². The summed E-state index contributed by atoms with van der Waals surface area (Å²) >= 11 is 0. The summed E-state index contributed by atoms with van der Waals surface area (Å²) in [5.41, 5.74) is 0. The molecule has 0 rings (SSSR count). The van der Waals surface area contributed by atoms with Gasteiger partial charge in [0, 0.05) is 13.6 Å². The number of rotatable bonds is 8. The number of likely N-dealkylation sites (N-methyl/N-ethyl adjacent to an activating group) is 1. The van der Waals surface area contributed by atoms with E-state index in [1.165, 1.54) is 4.90 Å². The maximum atomic E-state index is 11.5. The molecule has 0 aliphatic heterocycles. The number of carbonyl (C=O) groups is 3. The monoisotopic (exact) mass is 273 g/mol. The van der Waals surface area contributed by atoms with E-state index in [2.05, 4.69) is 10.6 Å². The molecule has 3 N–H and O–H groups in total. The van der Waals surface area contributed by atoms with E-state index in [-0.39, 0.29) is 12.5 Å². The fourth-order valence-corrected chi connectivity index (χ4v) is 1.34. The maximum Gasteiger partial charge on any atom is 0.326 e. The first kappa shape index (κ1) is 17.2. The first-order valence-electron chi connectivity index (χ1n) is 6.43. The van der Waals surface area contributed by atoms with E-state index in [0.29, 0.717) is 13.0 Å². The van der Waals surface area contributed by atoms with Crippen LogP contribution in [0.25, 0.3) is 0 Å². The second kappa shape index (κ2) is 9.18. The van der Waals surface area contributed by atoms with E-state index in [1.54, 1.807) is 7.05 Å². The Balaban J connectivity index is 4.13. The van der Waals surface area contributed by atoms with Crippen LogP contribution < -0.4 is 10.6 Å². The number of carboxylic acid groups (broad SMARTS) is 1. The largest absolute Gasteiger partial charge is 0.480 e. The zero-order valence-corrected chi connectivity index (χ0v) is 11.7. The highest BCUT2D eigenvalue weighted by atomic mass is 16.4. The number of hydrogen-bond acceptors (Lipinski definition) is 3. The minimum atomic E-state index is -1.07. The highest BCUT2D eigenvalue weighted by molar-refractivity contribution is 5.86. The Morgan fingerprint density at radius 2 is 1.89 bits per heavy atom. The number of unbranched alkanes of at least 4 members (excludes halogenated alkanes) is 1. The standard InChI is InChI=1S/C12H23N3O4/c1-4-6-7-9(11(17)18)14-12(19)13-8-10(16)15(3)5-2/h9H,4-8H2,1-3H3,(H,17,18)(H2,13,14,19)/t9-/m0/s1. The maximum absolute atomic E-state index is 11.5. The van der Waals surface area contributed by atoms with E-state index in [0.717, 1.165) is 12.8 Å². The molecule has 7 heteroatoms. The molecular formula is C12H23N3O4. The Hall–Kier alpha value is -1.79. The van der Waals surface area contributed by atoms with Crippen LogP contribution in [0.15, 0.2) is 0 Å². The third-order valence-electron chi connectivity index (χ3n) is 2.75. The minimum Gasteiger partial charge on any atom is -0.480 e. The van der Waals surface area contributed by atoms with E-state index < -0.39 is 18.0 Å². The topological polar surface area (TPSA) is 98.7 Å². The van der Waals surface area contributed by atoms with Crippen LogP contribution in [0.2, 0.25) is 0 Å². The van der Waals surface area contributed by atoms with E-state index in [9.17, 15) is 14.4 Å². The van der Waals surface area contributed by atoms with Crippen molar-refractivity contribution in [3.63, 3.8) is 0 Å². The molecule has 0 aromatic heterocycles. The fourth-order valence-electron chi connectivity index (χ4n) is 1.34. The average Bonchev–Trinajstić information content (AvgIpc) is 2.39. The van der Waals surface area contributed by atoms with Crippen LogP contribution in [-0.4, -0.2) is 54.1 Å². The first-order chi connectivity index (χ1) is 8.92. The van der Waals surface area contributed by atoms with Gasteiger partial charge in [0.1, 0.15) is 6.04 Å². The van der Waals surface area contributed by atoms with Gasteiger partial charge in [-0.2, -0.15) is 0 Å². The van der Waals surface area contributed by atoms with Gasteiger partial charge in [-0.05, 0) is 13.3 Å². The van der Waals surface area contributed by atoms with Gasteiger partial charge < -0.3 is 20.6 Å². The lowest BCUT2D eigenvalue weighted by molar-refractivity contribution is -0.139. The van der Waals surface area contributed by atoms with Gasteiger partial charge in [-0.1, -0.05) is 19.8 Å².